The van der Waals surface area contributed by atoms with Crippen LogP contribution < -0.4 is 5.32 Å². The smallest absolute Gasteiger partial charge is 0.252 e. The molecule has 2 rings (SSSR count). The molecule has 14 heavy (non-hydrogen) atoms. The van der Waals surface area contributed by atoms with Crippen molar-refractivity contribution in [2.75, 3.05) is 0 Å². The van der Waals surface area contributed by atoms with Crippen molar-refractivity contribution >= 4 is 21.8 Å². The fraction of sp³-hybridized carbons (Fsp3) is 0.364. The van der Waals surface area contributed by atoms with Crippen LogP contribution in [0.5, 0.6) is 0 Å². The summed E-state index contributed by atoms with van der Waals surface area (Å²) in [6.07, 6.45) is 0.871. The highest BCUT2D eigenvalue weighted by atomic mass is 79.9. The maximum atomic E-state index is 11.7. The first-order chi connectivity index (χ1) is 6.49. The zero-order valence-corrected chi connectivity index (χ0v) is 9.81. The van der Waals surface area contributed by atoms with E-state index in [1.807, 2.05) is 32.0 Å². The molecule has 0 spiro atoms. The lowest BCUT2D eigenvalue weighted by Crippen LogP contribution is -2.49. The fourth-order valence-corrected chi connectivity index (χ4v) is 2.32. The fourth-order valence-electron chi connectivity index (χ4n) is 1.81. The molecule has 3 heteroatoms. The van der Waals surface area contributed by atoms with E-state index in [0.717, 1.165) is 22.0 Å². The number of carbonyl (C=O) groups is 1. The zero-order chi connectivity index (χ0) is 10.3. The van der Waals surface area contributed by atoms with Crippen molar-refractivity contribution in [3.8, 4) is 0 Å². The number of carbonyl (C=O) groups excluding carboxylic acids is 1. The molecule has 1 amide bonds. The van der Waals surface area contributed by atoms with E-state index >= 15 is 0 Å². The molecule has 0 saturated heterocycles. The molecular weight excluding hydrogens is 242 g/mol. The van der Waals surface area contributed by atoms with Gasteiger partial charge in [0.25, 0.3) is 5.91 Å². The van der Waals surface area contributed by atoms with Gasteiger partial charge in [-0.05, 0) is 38.0 Å². The van der Waals surface area contributed by atoms with E-state index in [1.165, 1.54) is 0 Å². The first-order valence-electron chi connectivity index (χ1n) is 4.59. The molecule has 0 aromatic heterocycles. The number of hydrogen-bond donors (Lipinski definition) is 1. The van der Waals surface area contributed by atoms with Gasteiger partial charge in [0.1, 0.15) is 0 Å². The maximum absolute atomic E-state index is 11.7. The molecular formula is C11H12BrNO. The minimum absolute atomic E-state index is 0.0255. The van der Waals surface area contributed by atoms with Crippen LogP contribution in [0.4, 0.5) is 0 Å². The van der Waals surface area contributed by atoms with Gasteiger partial charge in [0.2, 0.25) is 0 Å². The van der Waals surface area contributed by atoms with Gasteiger partial charge in [-0.25, -0.2) is 0 Å². The van der Waals surface area contributed by atoms with Crippen LogP contribution in [0.15, 0.2) is 22.7 Å². The highest BCUT2D eigenvalue weighted by Gasteiger charge is 2.30. The van der Waals surface area contributed by atoms with Gasteiger partial charge >= 0.3 is 0 Å². The summed E-state index contributed by atoms with van der Waals surface area (Å²) >= 11 is 3.48. The SMILES string of the molecule is CC1(C)Cc2c(Br)cccc2C(=O)N1. The van der Waals surface area contributed by atoms with Gasteiger partial charge in [-0.3, -0.25) is 4.79 Å². The number of hydrogen-bond acceptors (Lipinski definition) is 1. The molecule has 0 bridgehead atoms. The number of benzene rings is 1. The lowest BCUT2D eigenvalue weighted by molar-refractivity contribution is 0.0896. The second kappa shape index (κ2) is 3.09. The van der Waals surface area contributed by atoms with E-state index in [9.17, 15) is 4.79 Å². The van der Waals surface area contributed by atoms with Gasteiger partial charge in [0, 0.05) is 15.6 Å². The molecule has 1 aliphatic rings. The van der Waals surface area contributed by atoms with Gasteiger partial charge in [0.05, 0.1) is 0 Å². The van der Waals surface area contributed by atoms with E-state index in [0.29, 0.717) is 0 Å². The maximum Gasteiger partial charge on any atom is 0.252 e. The second-order valence-corrected chi connectivity index (χ2v) is 5.14. The van der Waals surface area contributed by atoms with Gasteiger partial charge < -0.3 is 5.32 Å². The summed E-state index contributed by atoms with van der Waals surface area (Å²) in [5.41, 5.74) is 1.76. The monoisotopic (exact) mass is 253 g/mol. The van der Waals surface area contributed by atoms with E-state index in [4.69, 9.17) is 0 Å². The molecule has 0 unspecified atom stereocenters. The summed E-state index contributed by atoms with van der Waals surface area (Å²) in [4.78, 5) is 11.7. The Balaban J connectivity index is 2.56. The summed E-state index contributed by atoms with van der Waals surface area (Å²) in [7, 11) is 0. The van der Waals surface area contributed by atoms with E-state index in [2.05, 4.69) is 21.2 Å². The average molecular weight is 254 g/mol. The Morgan fingerprint density at radius 3 is 2.86 bits per heavy atom. The standard InChI is InChI=1S/C11H12BrNO/c1-11(2)6-8-7(10(14)13-11)4-3-5-9(8)12/h3-5H,6H2,1-2H3,(H,13,14). The van der Waals surface area contributed by atoms with Crippen LogP contribution in [0.2, 0.25) is 0 Å². The molecule has 0 aliphatic carbocycles. The van der Waals surface area contributed by atoms with Crippen molar-refractivity contribution in [2.45, 2.75) is 25.8 Å². The van der Waals surface area contributed by atoms with Gasteiger partial charge in [0.15, 0.2) is 0 Å². The van der Waals surface area contributed by atoms with Crippen LogP contribution >= 0.6 is 15.9 Å². The minimum atomic E-state index is -0.145. The molecule has 0 radical (unpaired) electrons. The topological polar surface area (TPSA) is 29.1 Å². The Kier molecular flexibility index (Phi) is 2.14. The molecule has 1 aliphatic heterocycles. The van der Waals surface area contributed by atoms with Crippen LogP contribution in [-0.2, 0) is 6.42 Å². The number of amides is 1. The molecule has 0 fully saturated rings. The van der Waals surface area contributed by atoms with Crippen LogP contribution in [0.1, 0.15) is 29.8 Å². The highest BCUT2D eigenvalue weighted by molar-refractivity contribution is 9.10. The average Bonchev–Trinajstić information content (AvgIpc) is 2.05. The molecule has 0 atom stereocenters. The van der Waals surface area contributed by atoms with E-state index in [-0.39, 0.29) is 11.4 Å². The highest BCUT2D eigenvalue weighted by Crippen LogP contribution is 2.28. The third-order valence-corrected chi connectivity index (χ3v) is 3.18. The Morgan fingerprint density at radius 1 is 1.43 bits per heavy atom. The summed E-state index contributed by atoms with van der Waals surface area (Å²) in [6.45, 7) is 4.07. The third kappa shape index (κ3) is 1.57. The van der Waals surface area contributed by atoms with Crippen LogP contribution in [0.25, 0.3) is 0 Å². The lowest BCUT2D eigenvalue weighted by Gasteiger charge is -2.32. The molecule has 2 nitrogen and oxygen atoms in total. The van der Waals surface area contributed by atoms with Crippen molar-refractivity contribution in [3.63, 3.8) is 0 Å². The van der Waals surface area contributed by atoms with Gasteiger partial charge in [-0.2, -0.15) is 0 Å². The molecule has 74 valence electrons. The van der Waals surface area contributed by atoms with Crippen molar-refractivity contribution in [1.82, 2.24) is 5.32 Å². The zero-order valence-electron chi connectivity index (χ0n) is 8.23. The third-order valence-electron chi connectivity index (χ3n) is 2.43. The Labute approximate surface area is 91.8 Å². The predicted molar refractivity (Wildman–Crippen MR) is 59.4 cm³/mol. The molecule has 1 aromatic carbocycles. The van der Waals surface area contributed by atoms with Crippen LogP contribution in [0.3, 0.4) is 0 Å². The van der Waals surface area contributed by atoms with E-state index < -0.39 is 0 Å². The minimum Gasteiger partial charge on any atom is -0.347 e. The van der Waals surface area contributed by atoms with Gasteiger partial charge in [-0.1, -0.05) is 22.0 Å². The number of halogens is 1. The number of rotatable bonds is 0. The summed E-state index contributed by atoms with van der Waals surface area (Å²) in [5, 5.41) is 2.98. The van der Waals surface area contributed by atoms with Crippen LogP contribution in [-0.4, -0.2) is 11.4 Å². The first-order valence-corrected chi connectivity index (χ1v) is 5.39. The Hall–Kier alpha value is -0.830. The second-order valence-electron chi connectivity index (χ2n) is 4.28. The van der Waals surface area contributed by atoms with Crippen molar-refractivity contribution in [2.24, 2.45) is 0 Å². The molecule has 1 N–H and O–H groups in total. The normalized spacial score (nSPS) is 18.6. The van der Waals surface area contributed by atoms with Gasteiger partial charge in [-0.15, -0.1) is 0 Å². The summed E-state index contributed by atoms with van der Waals surface area (Å²) in [5.74, 6) is 0.0255. The van der Waals surface area contributed by atoms with Crippen molar-refractivity contribution in [1.29, 1.82) is 0 Å². The number of nitrogens with one attached hydrogen (secondary N) is 1. The predicted octanol–water partition coefficient (Wildman–Crippen LogP) is 2.51. The first kappa shape index (κ1) is 9.71. The Bertz CT molecular complexity index is 398. The van der Waals surface area contributed by atoms with Crippen molar-refractivity contribution < 1.29 is 4.79 Å². The van der Waals surface area contributed by atoms with E-state index in [1.54, 1.807) is 0 Å². The Morgan fingerprint density at radius 2 is 2.14 bits per heavy atom. The summed E-state index contributed by atoms with van der Waals surface area (Å²) < 4.78 is 1.03. The number of fused-ring (bicyclic) bond motifs is 1. The molecule has 1 heterocycles. The quantitative estimate of drug-likeness (QED) is 0.757. The van der Waals surface area contributed by atoms with Crippen molar-refractivity contribution in [3.05, 3.63) is 33.8 Å². The lowest BCUT2D eigenvalue weighted by atomic mass is 9.87. The molecule has 0 saturated carbocycles. The molecule has 1 aromatic rings. The largest absolute Gasteiger partial charge is 0.347 e. The van der Waals surface area contributed by atoms with Crippen LogP contribution in [0, 0.1) is 0 Å². The summed E-state index contributed by atoms with van der Waals surface area (Å²) in [6, 6.07) is 5.74.